The second-order valence-electron chi connectivity index (χ2n) is 7.55. The van der Waals surface area contributed by atoms with Crippen molar-refractivity contribution in [1.29, 1.82) is 0 Å². The van der Waals surface area contributed by atoms with Crippen molar-refractivity contribution in [3.63, 3.8) is 0 Å². The third-order valence-corrected chi connectivity index (χ3v) is 5.35. The zero-order valence-electron chi connectivity index (χ0n) is 16.9. The first-order valence-electron chi connectivity index (χ1n) is 10.5. The highest BCUT2D eigenvalue weighted by Gasteiger charge is 2.19. The maximum Gasteiger partial charge on any atom is 0.220 e. The molecule has 1 fully saturated rings. The van der Waals surface area contributed by atoms with E-state index in [0.717, 1.165) is 18.4 Å². The van der Waals surface area contributed by atoms with E-state index >= 15 is 0 Å². The summed E-state index contributed by atoms with van der Waals surface area (Å²) in [7, 11) is 0. The van der Waals surface area contributed by atoms with Crippen LogP contribution in [0.15, 0.2) is 36.5 Å². The second-order valence-corrected chi connectivity index (χ2v) is 7.55. The molecule has 2 aromatic rings. The fourth-order valence-electron chi connectivity index (χ4n) is 3.70. The molecule has 0 unspecified atom stereocenters. The summed E-state index contributed by atoms with van der Waals surface area (Å²) in [4.78, 5) is 29.0. The number of hydrogen-bond acceptors (Lipinski definition) is 6. The minimum absolute atomic E-state index is 0.103. The Labute approximate surface area is 175 Å². The minimum atomic E-state index is -0.184. The molecular weight excluding hydrogens is 384 g/mol. The van der Waals surface area contributed by atoms with Gasteiger partial charge in [-0.3, -0.25) is 9.59 Å². The smallest absolute Gasteiger partial charge is 0.220 e. The lowest BCUT2D eigenvalue weighted by molar-refractivity contribution is -0.121. The molecule has 30 heavy (non-hydrogen) atoms. The van der Waals surface area contributed by atoms with Gasteiger partial charge in [-0.25, -0.2) is 4.98 Å². The first kappa shape index (κ1) is 20.2. The standard InChI is InChI=1S/C23H26N2O5/c26-19(16-7-9-20-21(14-16)29-13-12-28-20)8-10-22(27)25-15-17-4-3-11-24-23(17)30-18-5-1-2-6-18/h3-4,7,9,11,14,18H,1-2,5-6,8,10,12-13,15H2,(H,25,27). The topological polar surface area (TPSA) is 86.8 Å². The van der Waals surface area contributed by atoms with Crippen LogP contribution in [0.5, 0.6) is 17.4 Å². The van der Waals surface area contributed by atoms with Crippen LogP contribution in [0.4, 0.5) is 0 Å². The molecule has 0 radical (unpaired) electrons. The molecule has 1 aliphatic carbocycles. The Morgan fingerprint density at radius 2 is 1.87 bits per heavy atom. The number of nitrogens with zero attached hydrogens (tertiary/aromatic N) is 1. The molecule has 1 aromatic carbocycles. The van der Waals surface area contributed by atoms with Gasteiger partial charge in [-0.1, -0.05) is 6.07 Å². The van der Waals surface area contributed by atoms with E-state index in [9.17, 15) is 9.59 Å². The molecule has 0 saturated heterocycles. The summed E-state index contributed by atoms with van der Waals surface area (Å²) in [5.41, 5.74) is 1.36. The van der Waals surface area contributed by atoms with Crippen LogP contribution in [0.1, 0.15) is 54.4 Å². The number of amides is 1. The van der Waals surface area contributed by atoms with Crippen LogP contribution in [0, 0.1) is 0 Å². The van der Waals surface area contributed by atoms with Gasteiger partial charge in [0, 0.05) is 36.7 Å². The molecule has 7 heteroatoms. The van der Waals surface area contributed by atoms with E-state index in [0.29, 0.717) is 42.7 Å². The molecule has 7 nitrogen and oxygen atoms in total. The highest BCUT2D eigenvalue weighted by molar-refractivity contribution is 5.98. The van der Waals surface area contributed by atoms with Crippen molar-refractivity contribution in [2.24, 2.45) is 0 Å². The number of carbonyl (C=O) groups is 2. The second kappa shape index (κ2) is 9.61. The molecule has 0 atom stereocenters. The summed E-state index contributed by atoms with van der Waals surface area (Å²) in [6.07, 6.45) is 6.60. The Morgan fingerprint density at radius 3 is 2.70 bits per heavy atom. The Balaban J connectivity index is 1.27. The molecular formula is C23H26N2O5. The van der Waals surface area contributed by atoms with Crippen molar-refractivity contribution in [3.05, 3.63) is 47.7 Å². The molecule has 4 rings (SSSR count). The molecule has 1 saturated carbocycles. The lowest BCUT2D eigenvalue weighted by Crippen LogP contribution is -2.24. The number of ether oxygens (including phenoxy) is 3. The molecule has 0 spiro atoms. The van der Waals surface area contributed by atoms with Crippen molar-refractivity contribution >= 4 is 11.7 Å². The number of Topliss-reactive ketones (excluding diaryl/α,β-unsaturated/α-hetero) is 1. The predicted molar refractivity (Wildman–Crippen MR) is 110 cm³/mol. The first-order valence-corrected chi connectivity index (χ1v) is 10.5. The van der Waals surface area contributed by atoms with Crippen LogP contribution >= 0.6 is 0 Å². The fraction of sp³-hybridized carbons (Fsp3) is 0.435. The molecule has 1 amide bonds. The predicted octanol–water partition coefficient (Wildman–Crippen LogP) is 3.45. The third kappa shape index (κ3) is 5.09. The summed E-state index contributed by atoms with van der Waals surface area (Å²) >= 11 is 0. The zero-order chi connectivity index (χ0) is 20.8. The van der Waals surface area contributed by atoms with Gasteiger partial charge in [0.15, 0.2) is 17.3 Å². The first-order chi connectivity index (χ1) is 14.7. The van der Waals surface area contributed by atoms with Crippen molar-refractivity contribution in [2.45, 2.75) is 51.2 Å². The van der Waals surface area contributed by atoms with Crippen molar-refractivity contribution in [1.82, 2.24) is 10.3 Å². The molecule has 1 aromatic heterocycles. The SMILES string of the molecule is O=C(CCC(=O)c1ccc2c(c1)OCCO2)NCc1cccnc1OC1CCCC1. The Bertz CT molecular complexity index is 908. The van der Waals surface area contributed by atoms with Crippen LogP contribution < -0.4 is 19.5 Å². The van der Waals surface area contributed by atoms with Crippen LogP contribution in [0.3, 0.4) is 0 Å². The van der Waals surface area contributed by atoms with E-state index in [1.54, 1.807) is 24.4 Å². The van der Waals surface area contributed by atoms with E-state index < -0.39 is 0 Å². The number of pyridine rings is 1. The number of fused-ring (bicyclic) bond motifs is 1. The summed E-state index contributed by atoms with van der Waals surface area (Å²) in [6, 6.07) is 8.84. The van der Waals surface area contributed by atoms with Crippen molar-refractivity contribution < 1.29 is 23.8 Å². The number of ketones is 1. The quantitative estimate of drug-likeness (QED) is 0.671. The van der Waals surface area contributed by atoms with Crippen LogP contribution in [-0.2, 0) is 11.3 Å². The van der Waals surface area contributed by atoms with Gasteiger partial charge in [0.2, 0.25) is 11.8 Å². The highest BCUT2D eigenvalue weighted by atomic mass is 16.6. The molecule has 158 valence electrons. The van der Waals surface area contributed by atoms with E-state index in [1.807, 2.05) is 12.1 Å². The number of hydrogen-bond donors (Lipinski definition) is 1. The van der Waals surface area contributed by atoms with Gasteiger partial charge in [0.05, 0.1) is 0 Å². The van der Waals surface area contributed by atoms with Gasteiger partial charge in [0.1, 0.15) is 19.3 Å². The number of aromatic nitrogens is 1. The van der Waals surface area contributed by atoms with Crippen LogP contribution in [0.25, 0.3) is 0 Å². The van der Waals surface area contributed by atoms with Crippen LogP contribution in [-0.4, -0.2) is 36.0 Å². The minimum Gasteiger partial charge on any atom is -0.486 e. The normalized spacial score (nSPS) is 15.6. The van der Waals surface area contributed by atoms with Gasteiger partial charge < -0.3 is 19.5 Å². The van der Waals surface area contributed by atoms with E-state index in [4.69, 9.17) is 14.2 Å². The summed E-state index contributed by atoms with van der Waals surface area (Å²) in [6.45, 7) is 1.30. The molecule has 0 bridgehead atoms. The monoisotopic (exact) mass is 410 g/mol. The van der Waals surface area contributed by atoms with Gasteiger partial charge >= 0.3 is 0 Å². The fourth-order valence-corrected chi connectivity index (χ4v) is 3.70. The summed E-state index contributed by atoms with van der Waals surface area (Å²) in [5.74, 6) is 1.51. The van der Waals surface area contributed by atoms with Gasteiger partial charge in [0.25, 0.3) is 0 Å². The maximum atomic E-state index is 12.5. The van der Waals surface area contributed by atoms with Crippen LogP contribution in [0.2, 0.25) is 0 Å². The highest BCUT2D eigenvalue weighted by Crippen LogP contribution is 2.31. The molecule has 2 heterocycles. The summed E-state index contributed by atoms with van der Waals surface area (Å²) < 4.78 is 17.0. The average Bonchev–Trinajstić information content (AvgIpc) is 3.29. The average molecular weight is 410 g/mol. The summed E-state index contributed by atoms with van der Waals surface area (Å²) in [5, 5.41) is 2.87. The Hall–Kier alpha value is -3.09. The number of benzene rings is 1. The van der Waals surface area contributed by atoms with Crippen molar-refractivity contribution in [3.8, 4) is 17.4 Å². The third-order valence-electron chi connectivity index (χ3n) is 5.35. The van der Waals surface area contributed by atoms with Gasteiger partial charge in [-0.2, -0.15) is 0 Å². The Kier molecular flexibility index (Phi) is 6.47. The van der Waals surface area contributed by atoms with Gasteiger partial charge in [-0.05, 0) is 49.9 Å². The lowest BCUT2D eigenvalue weighted by atomic mass is 10.1. The van der Waals surface area contributed by atoms with Crippen molar-refractivity contribution in [2.75, 3.05) is 13.2 Å². The molecule has 2 aliphatic rings. The zero-order valence-corrected chi connectivity index (χ0v) is 16.9. The largest absolute Gasteiger partial charge is 0.486 e. The number of rotatable bonds is 8. The van der Waals surface area contributed by atoms with E-state index in [-0.39, 0.29) is 30.6 Å². The molecule has 1 N–H and O–H groups in total. The van der Waals surface area contributed by atoms with E-state index in [1.165, 1.54) is 12.8 Å². The Morgan fingerprint density at radius 1 is 1.07 bits per heavy atom. The van der Waals surface area contributed by atoms with Gasteiger partial charge in [-0.15, -0.1) is 0 Å². The lowest BCUT2D eigenvalue weighted by Gasteiger charge is -2.18. The van der Waals surface area contributed by atoms with E-state index in [2.05, 4.69) is 10.3 Å². The number of carbonyl (C=O) groups excluding carboxylic acids is 2. The number of nitrogens with one attached hydrogen (secondary N) is 1. The maximum absolute atomic E-state index is 12.5. The molecule has 1 aliphatic heterocycles.